The van der Waals surface area contributed by atoms with Crippen LogP contribution in [-0.2, 0) is 29.5 Å². The Hall–Kier alpha value is -1.31. The van der Waals surface area contributed by atoms with Gasteiger partial charge >= 0.3 is 15.1 Å². The van der Waals surface area contributed by atoms with Crippen molar-refractivity contribution >= 4 is 25.9 Å². The topological polar surface area (TPSA) is 69.7 Å². The summed E-state index contributed by atoms with van der Waals surface area (Å²) in [6.07, 6.45) is 1.46. The molecule has 0 saturated heterocycles. The molecule has 0 spiro atoms. The quantitative estimate of drug-likeness (QED) is 0.558. The Balaban J connectivity index is 2.33. The van der Waals surface area contributed by atoms with Gasteiger partial charge in [-0.15, -0.1) is 0 Å². The maximum Gasteiger partial charge on any atom is 0.326 e. The summed E-state index contributed by atoms with van der Waals surface area (Å²) in [7, 11) is -3.18. The zero-order chi connectivity index (χ0) is 16.6. The third-order valence-electron chi connectivity index (χ3n) is 2.41. The van der Waals surface area contributed by atoms with E-state index in [1.807, 2.05) is 18.2 Å². The van der Waals surface area contributed by atoms with E-state index >= 15 is 0 Å². The summed E-state index contributed by atoms with van der Waals surface area (Å²) in [6.45, 7) is 5.25. The Kier molecular flexibility index (Phi) is 7.12. The first-order valence-electron chi connectivity index (χ1n) is 6.64. The average molecular weight is 344 g/mol. The first kappa shape index (κ1) is 18.7. The zero-order valence-corrected chi connectivity index (χ0v) is 14.4. The number of hydrogen-bond donors (Lipinski definition) is 0. The molecule has 7 heteroatoms. The average Bonchev–Trinajstić information content (AvgIpc) is 2.45. The summed E-state index contributed by atoms with van der Waals surface area (Å²) < 4.78 is 33.1. The highest BCUT2D eigenvalue weighted by molar-refractivity contribution is 8.71. The minimum Gasteiger partial charge on any atom is -0.461 e. The fourth-order valence-corrected chi connectivity index (χ4v) is 2.81. The molecular formula is C15H20O5S2. The van der Waals surface area contributed by atoms with Crippen LogP contribution in [0.25, 0.3) is 0 Å². The number of rotatable bonds is 7. The molecule has 0 aromatic heterocycles. The third-order valence-corrected chi connectivity index (χ3v) is 4.68. The van der Waals surface area contributed by atoms with Crippen LogP contribution in [0.5, 0.6) is 0 Å². The van der Waals surface area contributed by atoms with Gasteiger partial charge in [0.1, 0.15) is 6.61 Å². The molecule has 0 radical (unpaired) electrons. The van der Waals surface area contributed by atoms with Gasteiger partial charge in [-0.1, -0.05) is 30.3 Å². The normalized spacial score (nSPS) is 12.5. The van der Waals surface area contributed by atoms with Gasteiger partial charge in [-0.25, -0.2) is 0 Å². The number of esters is 1. The largest absolute Gasteiger partial charge is 0.461 e. The maximum absolute atomic E-state index is 11.6. The number of carbonyl (C=O) groups is 1. The van der Waals surface area contributed by atoms with Crippen molar-refractivity contribution in [1.82, 2.24) is 0 Å². The van der Waals surface area contributed by atoms with E-state index in [2.05, 4.69) is 0 Å². The van der Waals surface area contributed by atoms with E-state index in [9.17, 15) is 13.2 Å². The van der Waals surface area contributed by atoms with Gasteiger partial charge in [-0.3, -0.25) is 8.98 Å². The van der Waals surface area contributed by atoms with E-state index in [1.165, 1.54) is 11.5 Å². The summed E-state index contributed by atoms with van der Waals surface area (Å²) in [5, 5.41) is 1.33. The number of carbonyl (C=O) groups excluding carboxylic acids is 1. The van der Waals surface area contributed by atoms with Crippen LogP contribution in [-0.4, -0.2) is 21.0 Å². The molecule has 0 saturated carbocycles. The molecule has 0 unspecified atom stereocenters. The van der Waals surface area contributed by atoms with Crippen molar-refractivity contribution in [2.24, 2.45) is 5.41 Å². The molecule has 0 aliphatic rings. The lowest BCUT2D eigenvalue weighted by atomic mass is 9.97. The maximum atomic E-state index is 11.6. The molecule has 122 valence electrons. The van der Waals surface area contributed by atoms with E-state index < -0.39 is 14.6 Å². The SMILES string of the molecule is CC(C)(C)C(=O)OC/C=C/SS(=O)(=O)OCc1ccccc1. The van der Waals surface area contributed by atoms with Gasteiger partial charge in [0.15, 0.2) is 0 Å². The lowest BCUT2D eigenvalue weighted by Crippen LogP contribution is -2.22. The molecule has 0 amide bonds. The fraction of sp³-hybridized carbons (Fsp3) is 0.400. The minimum absolute atomic E-state index is 0.0109. The summed E-state index contributed by atoms with van der Waals surface area (Å²) in [6, 6.07) is 9.02. The van der Waals surface area contributed by atoms with Gasteiger partial charge < -0.3 is 4.74 Å². The fourth-order valence-electron chi connectivity index (χ4n) is 1.23. The molecule has 0 atom stereocenters. The molecular weight excluding hydrogens is 324 g/mol. The van der Waals surface area contributed by atoms with Crippen molar-refractivity contribution in [2.45, 2.75) is 27.4 Å². The summed E-state index contributed by atoms with van der Waals surface area (Å²) in [5.74, 6) is -0.342. The number of benzene rings is 1. The van der Waals surface area contributed by atoms with Crippen LogP contribution in [0.4, 0.5) is 0 Å². The van der Waals surface area contributed by atoms with E-state index in [0.29, 0.717) is 10.8 Å². The van der Waals surface area contributed by atoms with Gasteiger partial charge in [-0.05, 0) is 37.8 Å². The van der Waals surface area contributed by atoms with Gasteiger partial charge in [0, 0.05) is 10.8 Å². The molecule has 22 heavy (non-hydrogen) atoms. The smallest absolute Gasteiger partial charge is 0.326 e. The van der Waals surface area contributed by atoms with Crippen molar-refractivity contribution in [3.05, 3.63) is 47.4 Å². The van der Waals surface area contributed by atoms with Crippen LogP contribution in [0.15, 0.2) is 41.8 Å². The lowest BCUT2D eigenvalue weighted by molar-refractivity contribution is -0.151. The van der Waals surface area contributed by atoms with E-state index in [4.69, 9.17) is 8.92 Å². The molecule has 1 aromatic carbocycles. The highest BCUT2D eigenvalue weighted by Gasteiger charge is 2.22. The van der Waals surface area contributed by atoms with Crippen LogP contribution >= 0.6 is 10.8 Å². The zero-order valence-electron chi connectivity index (χ0n) is 12.8. The lowest BCUT2D eigenvalue weighted by Gasteiger charge is -2.15. The summed E-state index contributed by atoms with van der Waals surface area (Å²) >= 11 is 0. The minimum atomic E-state index is -3.72. The monoisotopic (exact) mass is 344 g/mol. The Morgan fingerprint density at radius 2 is 1.86 bits per heavy atom. The summed E-state index contributed by atoms with van der Waals surface area (Å²) in [4.78, 5) is 11.5. The van der Waals surface area contributed by atoms with Crippen LogP contribution < -0.4 is 0 Å². The van der Waals surface area contributed by atoms with Crippen molar-refractivity contribution < 1.29 is 22.1 Å². The Morgan fingerprint density at radius 3 is 2.45 bits per heavy atom. The van der Waals surface area contributed by atoms with Crippen molar-refractivity contribution in [3.8, 4) is 0 Å². The predicted molar refractivity (Wildman–Crippen MR) is 87.3 cm³/mol. The molecule has 0 N–H and O–H groups in total. The van der Waals surface area contributed by atoms with Gasteiger partial charge in [0.2, 0.25) is 0 Å². The van der Waals surface area contributed by atoms with Gasteiger partial charge in [-0.2, -0.15) is 8.42 Å². The van der Waals surface area contributed by atoms with Crippen molar-refractivity contribution in [1.29, 1.82) is 0 Å². The highest BCUT2D eigenvalue weighted by Crippen LogP contribution is 2.18. The second-order valence-electron chi connectivity index (χ2n) is 5.47. The van der Waals surface area contributed by atoms with Crippen molar-refractivity contribution in [2.75, 3.05) is 6.61 Å². The second kappa shape index (κ2) is 8.36. The highest BCUT2D eigenvalue weighted by atomic mass is 33.1. The van der Waals surface area contributed by atoms with Crippen LogP contribution in [0.2, 0.25) is 0 Å². The number of ether oxygens (including phenoxy) is 1. The van der Waals surface area contributed by atoms with E-state index in [0.717, 1.165) is 5.56 Å². The molecule has 0 aliphatic heterocycles. The Labute approximate surface area is 135 Å². The molecule has 0 aliphatic carbocycles. The standard InChI is InChI=1S/C15H20O5S2/c1-15(2,3)14(16)19-10-7-11-21-22(17,18)20-12-13-8-5-4-6-9-13/h4-9,11H,10,12H2,1-3H3/b11-7+. The second-order valence-corrected chi connectivity index (χ2v) is 8.79. The van der Waals surface area contributed by atoms with E-state index in [-0.39, 0.29) is 19.2 Å². The van der Waals surface area contributed by atoms with Crippen LogP contribution in [0.3, 0.4) is 0 Å². The van der Waals surface area contributed by atoms with Crippen LogP contribution in [0, 0.1) is 5.41 Å². The van der Waals surface area contributed by atoms with E-state index in [1.54, 1.807) is 32.9 Å². The Bertz CT molecular complexity index is 601. The van der Waals surface area contributed by atoms with Crippen LogP contribution in [0.1, 0.15) is 26.3 Å². The molecule has 0 heterocycles. The third kappa shape index (κ3) is 7.63. The Morgan fingerprint density at radius 1 is 1.23 bits per heavy atom. The van der Waals surface area contributed by atoms with Crippen molar-refractivity contribution in [3.63, 3.8) is 0 Å². The summed E-state index contributed by atoms with van der Waals surface area (Å²) in [5.41, 5.74) is 0.195. The molecule has 1 rings (SSSR count). The molecule has 1 aromatic rings. The molecule has 5 nitrogen and oxygen atoms in total. The molecule has 0 bridgehead atoms. The van der Waals surface area contributed by atoms with Gasteiger partial charge in [0.25, 0.3) is 0 Å². The number of hydrogen-bond acceptors (Lipinski definition) is 6. The molecule has 0 fully saturated rings. The first-order valence-corrected chi connectivity index (χ1v) is 9.45. The van der Waals surface area contributed by atoms with Gasteiger partial charge in [0.05, 0.1) is 12.0 Å². The first-order chi connectivity index (χ1) is 10.2. The predicted octanol–water partition coefficient (Wildman–Crippen LogP) is 3.28.